The summed E-state index contributed by atoms with van der Waals surface area (Å²) in [7, 11) is 1.66. The molecule has 0 radical (unpaired) electrons. The molecule has 3 rings (SSSR count). The van der Waals surface area contributed by atoms with Crippen LogP contribution in [0.15, 0.2) is 35.5 Å². The van der Waals surface area contributed by atoms with Gasteiger partial charge < -0.3 is 9.80 Å². The first kappa shape index (κ1) is 20.0. The number of pyridine rings is 1. The van der Waals surface area contributed by atoms with Gasteiger partial charge in [-0.05, 0) is 26.6 Å². The van der Waals surface area contributed by atoms with Gasteiger partial charge in [-0.1, -0.05) is 23.7 Å². The molecule has 0 saturated carbocycles. The quantitative estimate of drug-likeness (QED) is 0.749. The van der Waals surface area contributed by atoms with Crippen LogP contribution in [0.2, 0.25) is 5.02 Å². The van der Waals surface area contributed by atoms with Crippen LogP contribution in [0, 0.1) is 0 Å². The molecule has 1 fully saturated rings. The molecule has 1 aromatic carbocycles. The fourth-order valence-corrected chi connectivity index (χ4v) is 5.40. The maximum absolute atomic E-state index is 13.3. The lowest BCUT2D eigenvalue weighted by Crippen LogP contribution is -2.43. The van der Waals surface area contributed by atoms with Crippen LogP contribution in [0.4, 0.5) is 0 Å². The molecule has 1 amide bonds. The number of fused-ring (bicyclic) bond motifs is 1. The molecule has 1 atom stereocenters. The predicted octanol–water partition coefficient (Wildman–Crippen LogP) is 1.67. The van der Waals surface area contributed by atoms with Crippen molar-refractivity contribution < 1.29 is 13.2 Å². The summed E-state index contributed by atoms with van der Waals surface area (Å²) in [6.45, 7) is 0.939. The van der Waals surface area contributed by atoms with E-state index in [1.54, 1.807) is 41.2 Å². The summed E-state index contributed by atoms with van der Waals surface area (Å²) in [6, 6.07) is 4.90. The number of likely N-dealkylation sites (N-methyl/N-ethyl adjacent to an activating group) is 2. The van der Waals surface area contributed by atoms with Crippen LogP contribution in [-0.4, -0.2) is 80.2 Å². The zero-order chi connectivity index (χ0) is 19.8. The van der Waals surface area contributed by atoms with Gasteiger partial charge in [0.05, 0.1) is 16.5 Å². The number of hydrogen-bond acceptors (Lipinski definition) is 5. The van der Waals surface area contributed by atoms with Crippen molar-refractivity contribution in [2.45, 2.75) is 17.4 Å². The van der Waals surface area contributed by atoms with Crippen LogP contribution in [0.5, 0.6) is 0 Å². The van der Waals surface area contributed by atoms with Crippen molar-refractivity contribution in [3.05, 3.63) is 35.6 Å². The Labute approximate surface area is 164 Å². The summed E-state index contributed by atoms with van der Waals surface area (Å²) >= 11 is 6.24. The molecule has 146 valence electrons. The zero-order valence-corrected chi connectivity index (χ0v) is 17.2. The molecule has 0 bridgehead atoms. The third-order valence-corrected chi connectivity index (χ3v) is 7.03. The predicted molar refractivity (Wildman–Crippen MR) is 105 cm³/mol. The van der Waals surface area contributed by atoms with Gasteiger partial charge in [0.2, 0.25) is 15.9 Å². The van der Waals surface area contributed by atoms with Crippen LogP contribution in [0.1, 0.15) is 6.42 Å². The second kappa shape index (κ2) is 7.71. The highest BCUT2D eigenvalue weighted by Crippen LogP contribution is 2.32. The Balaban J connectivity index is 1.87. The molecule has 9 heteroatoms. The smallest absolute Gasteiger partial charge is 0.243 e. The average Bonchev–Trinajstić information content (AvgIpc) is 3.11. The minimum absolute atomic E-state index is 0.0245. The Morgan fingerprint density at radius 3 is 2.74 bits per heavy atom. The van der Waals surface area contributed by atoms with Crippen molar-refractivity contribution in [3.8, 4) is 0 Å². The SMILES string of the molecule is CN(C)CC(=O)N(C)[C@@H]1CCN(S(=O)(=O)c2cccc3cncc(Cl)c23)C1. The number of amides is 1. The van der Waals surface area contributed by atoms with E-state index in [-0.39, 0.29) is 23.4 Å². The molecule has 7 nitrogen and oxygen atoms in total. The minimum Gasteiger partial charge on any atom is -0.340 e. The topological polar surface area (TPSA) is 73.8 Å². The Bertz CT molecular complexity index is 959. The van der Waals surface area contributed by atoms with Crippen molar-refractivity contribution in [1.29, 1.82) is 0 Å². The first-order chi connectivity index (χ1) is 12.7. The van der Waals surface area contributed by atoms with E-state index in [9.17, 15) is 13.2 Å². The van der Waals surface area contributed by atoms with Crippen LogP contribution in [0.25, 0.3) is 10.8 Å². The molecule has 2 aromatic rings. The highest BCUT2D eigenvalue weighted by atomic mass is 35.5. The number of carbonyl (C=O) groups is 1. The molecular weight excluding hydrogens is 388 g/mol. The summed E-state index contributed by atoms with van der Waals surface area (Å²) in [6.07, 6.45) is 3.65. The van der Waals surface area contributed by atoms with Gasteiger partial charge in [0.25, 0.3) is 0 Å². The molecule has 0 N–H and O–H groups in total. The molecule has 27 heavy (non-hydrogen) atoms. The molecular formula is C18H23ClN4O3S. The van der Waals surface area contributed by atoms with E-state index >= 15 is 0 Å². The molecule has 0 aliphatic carbocycles. The Morgan fingerprint density at radius 2 is 2.04 bits per heavy atom. The monoisotopic (exact) mass is 410 g/mol. The molecule has 0 unspecified atom stereocenters. The summed E-state index contributed by atoms with van der Waals surface area (Å²) in [5.74, 6) is -0.0245. The van der Waals surface area contributed by atoms with E-state index in [1.165, 1.54) is 10.5 Å². The first-order valence-corrected chi connectivity index (χ1v) is 10.5. The lowest BCUT2D eigenvalue weighted by Gasteiger charge is -2.26. The summed E-state index contributed by atoms with van der Waals surface area (Å²) in [5.41, 5.74) is 0. The number of rotatable bonds is 5. The number of sulfonamides is 1. The van der Waals surface area contributed by atoms with Crippen molar-refractivity contribution in [2.24, 2.45) is 0 Å². The van der Waals surface area contributed by atoms with Crippen molar-refractivity contribution >= 4 is 38.3 Å². The van der Waals surface area contributed by atoms with Crippen LogP contribution >= 0.6 is 11.6 Å². The summed E-state index contributed by atoms with van der Waals surface area (Å²) in [4.78, 5) is 19.9. The zero-order valence-electron chi connectivity index (χ0n) is 15.6. The number of carbonyl (C=O) groups excluding carboxylic acids is 1. The molecule has 2 heterocycles. The minimum atomic E-state index is -3.73. The Kier molecular flexibility index (Phi) is 5.71. The van der Waals surface area contributed by atoms with Crippen molar-refractivity contribution in [3.63, 3.8) is 0 Å². The second-order valence-corrected chi connectivity index (χ2v) is 9.34. The number of hydrogen-bond donors (Lipinski definition) is 0. The van der Waals surface area contributed by atoms with Gasteiger partial charge in [-0.3, -0.25) is 9.78 Å². The molecule has 0 spiro atoms. The third-order valence-electron chi connectivity index (χ3n) is 4.84. The maximum Gasteiger partial charge on any atom is 0.243 e. The lowest BCUT2D eigenvalue weighted by molar-refractivity contribution is -0.132. The van der Waals surface area contributed by atoms with Gasteiger partial charge in [-0.25, -0.2) is 8.42 Å². The molecule has 1 saturated heterocycles. The van der Waals surface area contributed by atoms with Crippen molar-refractivity contribution in [2.75, 3.05) is 40.8 Å². The van der Waals surface area contributed by atoms with E-state index in [2.05, 4.69) is 4.98 Å². The van der Waals surface area contributed by atoms with Gasteiger partial charge in [0.15, 0.2) is 0 Å². The highest BCUT2D eigenvalue weighted by molar-refractivity contribution is 7.89. The molecule has 1 aliphatic heterocycles. The van der Waals surface area contributed by atoms with E-state index in [0.717, 1.165) is 0 Å². The number of aromatic nitrogens is 1. The third kappa shape index (κ3) is 3.94. The normalized spacial score (nSPS) is 18.3. The van der Waals surface area contributed by atoms with Crippen molar-refractivity contribution in [1.82, 2.24) is 19.1 Å². The van der Waals surface area contributed by atoms with Gasteiger partial charge >= 0.3 is 0 Å². The molecule has 1 aliphatic rings. The number of halogens is 1. The summed E-state index contributed by atoms with van der Waals surface area (Å²) in [5, 5.41) is 1.47. The largest absolute Gasteiger partial charge is 0.340 e. The number of nitrogens with zero attached hydrogens (tertiary/aromatic N) is 4. The second-order valence-electron chi connectivity index (χ2n) is 7.02. The van der Waals surface area contributed by atoms with Crippen LogP contribution in [-0.2, 0) is 14.8 Å². The van der Waals surface area contributed by atoms with Gasteiger partial charge in [-0.2, -0.15) is 4.31 Å². The maximum atomic E-state index is 13.3. The van der Waals surface area contributed by atoms with Gasteiger partial charge in [0.1, 0.15) is 0 Å². The summed E-state index contributed by atoms with van der Waals surface area (Å²) < 4.78 is 27.9. The van der Waals surface area contributed by atoms with Gasteiger partial charge in [0, 0.05) is 49.3 Å². The number of benzene rings is 1. The van der Waals surface area contributed by atoms with E-state index in [0.29, 0.717) is 35.3 Å². The highest BCUT2D eigenvalue weighted by Gasteiger charge is 2.36. The molecule has 1 aromatic heterocycles. The average molecular weight is 411 g/mol. The Morgan fingerprint density at radius 1 is 1.30 bits per heavy atom. The van der Waals surface area contributed by atoms with E-state index in [4.69, 9.17) is 11.6 Å². The lowest BCUT2D eigenvalue weighted by atomic mass is 10.2. The van der Waals surface area contributed by atoms with E-state index < -0.39 is 10.0 Å². The fraction of sp³-hybridized carbons (Fsp3) is 0.444. The fourth-order valence-electron chi connectivity index (χ4n) is 3.34. The van der Waals surface area contributed by atoms with Gasteiger partial charge in [-0.15, -0.1) is 0 Å². The Hall–Kier alpha value is -1.74. The van der Waals surface area contributed by atoms with Crippen LogP contribution in [0.3, 0.4) is 0 Å². The first-order valence-electron chi connectivity index (χ1n) is 8.64. The van der Waals surface area contributed by atoms with Crippen LogP contribution < -0.4 is 0 Å². The standard InChI is InChI=1S/C18H23ClN4O3S/c1-21(2)12-17(24)22(3)14-7-8-23(11-14)27(25,26)16-6-4-5-13-9-20-10-15(19)18(13)16/h4-6,9-10,14H,7-8,11-12H2,1-3H3/t14-/m1/s1. The van der Waals surface area contributed by atoms with E-state index in [1.807, 2.05) is 14.1 Å².